The number of rotatable bonds is 5. The van der Waals surface area contributed by atoms with E-state index in [1.807, 2.05) is 42.5 Å². The van der Waals surface area contributed by atoms with Crippen molar-refractivity contribution in [2.75, 3.05) is 5.32 Å². The summed E-state index contributed by atoms with van der Waals surface area (Å²) in [6, 6.07) is 13.5. The molecule has 0 saturated heterocycles. The Morgan fingerprint density at radius 2 is 1.86 bits per heavy atom. The van der Waals surface area contributed by atoms with Gasteiger partial charge in [-0.05, 0) is 17.7 Å². The first-order chi connectivity index (χ1) is 10.8. The molecule has 0 spiro atoms. The summed E-state index contributed by atoms with van der Waals surface area (Å²) in [5.41, 5.74) is 2.36. The summed E-state index contributed by atoms with van der Waals surface area (Å²) in [6.07, 6.45) is 3.40. The monoisotopic (exact) mass is 310 g/mol. The van der Waals surface area contributed by atoms with Gasteiger partial charge < -0.3 is 10.6 Å². The number of benzene rings is 1. The van der Waals surface area contributed by atoms with Gasteiger partial charge in [0.25, 0.3) is 5.91 Å². The van der Waals surface area contributed by atoms with E-state index in [2.05, 4.69) is 20.6 Å². The van der Waals surface area contributed by atoms with Crippen LogP contribution in [0.1, 0.15) is 16.1 Å². The van der Waals surface area contributed by atoms with Crippen molar-refractivity contribution in [1.82, 2.24) is 15.3 Å². The highest BCUT2D eigenvalue weighted by molar-refractivity contribution is 7.14. The van der Waals surface area contributed by atoms with Crippen molar-refractivity contribution in [2.45, 2.75) is 6.54 Å². The standard InChI is InChI=1S/C16H14N4OS/c21-15(18-10-12-4-2-1-3-5-12)14-11-22-16(20-14)19-13-6-8-17-9-7-13/h1-9,11H,10H2,(H,18,21)(H,17,19,20). The Kier molecular flexibility index (Phi) is 4.41. The number of hydrogen-bond acceptors (Lipinski definition) is 5. The molecule has 0 saturated carbocycles. The van der Waals surface area contributed by atoms with Gasteiger partial charge in [-0.15, -0.1) is 11.3 Å². The van der Waals surface area contributed by atoms with Crippen molar-refractivity contribution in [2.24, 2.45) is 0 Å². The van der Waals surface area contributed by atoms with Crippen LogP contribution in [0.15, 0.2) is 60.2 Å². The molecular formula is C16H14N4OS. The highest BCUT2D eigenvalue weighted by atomic mass is 32.1. The van der Waals surface area contributed by atoms with Crippen molar-refractivity contribution in [3.8, 4) is 0 Å². The van der Waals surface area contributed by atoms with Gasteiger partial charge in [-0.2, -0.15) is 0 Å². The molecular weight excluding hydrogens is 296 g/mol. The van der Waals surface area contributed by atoms with Gasteiger partial charge >= 0.3 is 0 Å². The number of nitrogens with one attached hydrogen (secondary N) is 2. The van der Waals surface area contributed by atoms with Gasteiger partial charge in [0.15, 0.2) is 5.13 Å². The second kappa shape index (κ2) is 6.82. The smallest absolute Gasteiger partial charge is 0.271 e. The van der Waals surface area contributed by atoms with E-state index in [0.29, 0.717) is 17.4 Å². The van der Waals surface area contributed by atoms with Gasteiger partial charge in [0.1, 0.15) is 5.69 Å². The maximum atomic E-state index is 12.1. The third-order valence-electron chi connectivity index (χ3n) is 2.96. The first-order valence-electron chi connectivity index (χ1n) is 6.76. The Hall–Kier alpha value is -2.73. The quantitative estimate of drug-likeness (QED) is 0.759. The Morgan fingerprint density at radius 1 is 1.09 bits per heavy atom. The number of aromatic nitrogens is 2. The lowest BCUT2D eigenvalue weighted by Crippen LogP contribution is -2.23. The molecule has 0 aliphatic rings. The average Bonchev–Trinajstić information content (AvgIpc) is 3.03. The lowest BCUT2D eigenvalue weighted by atomic mass is 10.2. The largest absolute Gasteiger partial charge is 0.347 e. The first-order valence-corrected chi connectivity index (χ1v) is 7.64. The van der Waals surface area contributed by atoms with E-state index in [0.717, 1.165) is 11.3 Å². The summed E-state index contributed by atoms with van der Waals surface area (Å²) in [5.74, 6) is -0.178. The van der Waals surface area contributed by atoms with E-state index in [1.165, 1.54) is 11.3 Å². The van der Waals surface area contributed by atoms with Gasteiger partial charge in [0, 0.05) is 30.0 Å². The van der Waals surface area contributed by atoms with Crippen LogP contribution >= 0.6 is 11.3 Å². The van der Waals surface area contributed by atoms with Crippen LogP contribution in [0.25, 0.3) is 0 Å². The van der Waals surface area contributed by atoms with Crippen LogP contribution in [0.2, 0.25) is 0 Å². The van der Waals surface area contributed by atoms with Gasteiger partial charge in [-0.25, -0.2) is 4.98 Å². The van der Waals surface area contributed by atoms with E-state index < -0.39 is 0 Å². The average molecular weight is 310 g/mol. The molecule has 0 fully saturated rings. The fraction of sp³-hybridized carbons (Fsp3) is 0.0625. The zero-order chi connectivity index (χ0) is 15.2. The number of carbonyl (C=O) groups excluding carboxylic acids is 1. The minimum Gasteiger partial charge on any atom is -0.347 e. The molecule has 0 atom stereocenters. The molecule has 3 rings (SSSR count). The lowest BCUT2D eigenvalue weighted by Gasteiger charge is -2.03. The third-order valence-corrected chi connectivity index (χ3v) is 3.72. The number of hydrogen-bond donors (Lipinski definition) is 2. The minimum absolute atomic E-state index is 0.178. The highest BCUT2D eigenvalue weighted by Crippen LogP contribution is 2.20. The maximum Gasteiger partial charge on any atom is 0.271 e. The molecule has 1 amide bonds. The molecule has 0 unspecified atom stereocenters. The number of pyridine rings is 1. The van der Waals surface area contributed by atoms with Crippen molar-refractivity contribution < 1.29 is 4.79 Å². The van der Waals surface area contributed by atoms with Gasteiger partial charge in [0.2, 0.25) is 0 Å². The Labute approximate surface area is 132 Å². The summed E-state index contributed by atoms with van der Waals surface area (Å²) in [4.78, 5) is 20.3. The summed E-state index contributed by atoms with van der Waals surface area (Å²) >= 11 is 1.39. The summed E-state index contributed by atoms with van der Waals surface area (Å²) < 4.78 is 0. The first kappa shape index (κ1) is 14.2. The van der Waals surface area contributed by atoms with Crippen LogP contribution in [-0.2, 0) is 6.54 Å². The fourth-order valence-corrected chi connectivity index (χ4v) is 2.57. The Balaban J connectivity index is 1.60. The predicted octanol–water partition coefficient (Wildman–Crippen LogP) is 3.21. The van der Waals surface area contributed by atoms with Gasteiger partial charge in [-0.3, -0.25) is 9.78 Å². The minimum atomic E-state index is -0.178. The SMILES string of the molecule is O=C(NCc1ccccc1)c1csc(Nc2ccncc2)n1. The van der Waals surface area contributed by atoms with Crippen molar-refractivity contribution >= 4 is 28.1 Å². The zero-order valence-electron chi connectivity index (χ0n) is 11.7. The number of thiazole rings is 1. The molecule has 0 aliphatic carbocycles. The van der Waals surface area contributed by atoms with Gasteiger partial charge in [0.05, 0.1) is 0 Å². The van der Waals surface area contributed by atoms with Crippen LogP contribution < -0.4 is 10.6 Å². The maximum absolute atomic E-state index is 12.1. The molecule has 2 heterocycles. The summed E-state index contributed by atoms with van der Waals surface area (Å²) in [7, 11) is 0. The molecule has 0 bridgehead atoms. The van der Waals surface area contributed by atoms with Crippen molar-refractivity contribution in [1.29, 1.82) is 0 Å². The number of nitrogens with zero attached hydrogens (tertiary/aromatic N) is 2. The van der Waals surface area contributed by atoms with Crippen LogP contribution in [0.5, 0.6) is 0 Å². The predicted molar refractivity (Wildman–Crippen MR) is 87.2 cm³/mol. The zero-order valence-corrected chi connectivity index (χ0v) is 12.5. The number of amides is 1. The molecule has 1 aromatic carbocycles. The van der Waals surface area contributed by atoms with E-state index >= 15 is 0 Å². The summed E-state index contributed by atoms with van der Waals surface area (Å²) in [6.45, 7) is 0.490. The highest BCUT2D eigenvalue weighted by Gasteiger charge is 2.10. The molecule has 2 aromatic heterocycles. The molecule has 22 heavy (non-hydrogen) atoms. The normalized spacial score (nSPS) is 10.2. The lowest BCUT2D eigenvalue weighted by molar-refractivity contribution is 0.0946. The van der Waals surface area contributed by atoms with E-state index in [-0.39, 0.29) is 5.91 Å². The van der Waals surface area contributed by atoms with Crippen LogP contribution in [0, 0.1) is 0 Å². The second-order valence-electron chi connectivity index (χ2n) is 4.57. The summed E-state index contributed by atoms with van der Waals surface area (Å²) in [5, 5.41) is 8.42. The molecule has 0 aliphatic heterocycles. The van der Waals surface area contributed by atoms with Crippen molar-refractivity contribution in [3.05, 3.63) is 71.5 Å². The van der Waals surface area contributed by atoms with E-state index in [9.17, 15) is 4.79 Å². The fourth-order valence-electron chi connectivity index (χ4n) is 1.86. The van der Waals surface area contributed by atoms with Gasteiger partial charge in [-0.1, -0.05) is 30.3 Å². The molecule has 2 N–H and O–H groups in total. The van der Waals surface area contributed by atoms with E-state index in [1.54, 1.807) is 17.8 Å². The molecule has 0 radical (unpaired) electrons. The van der Waals surface area contributed by atoms with E-state index in [4.69, 9.17) is 0 Å². The Bertz CT molecular complexity index is 743. The number of anilines is 2. The second-order valence-corrected chi connectivity index (χ2v) is 5.43. The van der Waals surface area contributed by atoms with Crippen LogP contribution in [0.3, 0.4) is 0 Å². The Morgan fingerprint density at radius 3 is 2.64 bits per heavy atom. The molecule has 6 heteroatoms. The van der Waals surface area contributed by atoms with Crippen LogP contribution in [-0.4, -0.2) is 15.9 Å². The number of carbonyl (C=O) groups is 1. The molecule has 3 aromatic rings. The topological polar surface area (TPSA) is 66.9 Å². The molecule has 5 nitrogen and oxygen atoms in total. The van der Waals surface area contributed by atoms with Crippen molar-refractivity contribution in [3.63, 3.8) is 0 Å². The molecule has 110 valence electrons. The third kappa shape index (κ3) is 3.67. The van der Waals surface area contributed by atoms with Crippen LogP contribution in [0.4, 0.5) is 10.8 Å².